The molecule has 122 valence electrons. The number of rotatable bonds is 10. The molecular weight excluding hydrogens is 347 g/mol. The molecule has 0 aliphatic heterocycles. The van der Waals surface area contributed by atoms with Gasteiger partial charge < -0.3 is 9.84 Å². The molecule has 4 heteroatoms. The Bertz CT molecular complexity index is 500. The number of halogens is 2. The number of ether oxygens (including phenoxy) is 1. The van der Waals surface area contributed by atoms with Crippen LogP contribution in [-0.4, -0.2) is 17.8 Å². The molecule has 0 radical (unpaired) electrons. The predicted octanol–water partition coefficient (Wildman–Crippen LogP) is 5.41. The first-order valence-corrected chi connectivity index (χ1v) is 8.40. The van der Waals surface area contributed by atoms with E-state index in [0.717, 1.165) is 25.7 Å². The summed E-state index contributed by atoms with van der Waals surface area (Å²) in [6.07, 6.45) is 7.96. The fourth-order valence-corrected chi connectivity index (χ4v) is 2.29. The van der Waals surface area contributed by atoms with E-state index < -0.39 is 6.10 Å². The van der Waals surface area contributed by atoms with E-state index in [1.165, 1.54) is 11.6 Å². The van der Waals surface area contributed by atoms with Gasteiger partial charge in [0.05, 0.1) is 10.6 Å². The maximum Gasteiger partial charge on any atom is 0.141 e. The molecular formula is C18H24BrFO2. The lowest BCUT2D eigenvalue weighted by molar-refractivity contribution is 0.107. The van der Waals surface area contributed by atoms with E-state index in [0.29, 0.717) is 16.6 Å². The molecule has 0 spiro atoms. The van der Waals surface area contributed by atoms with Gasteiger partial charge >= 0.3 is 0 Å². The van der Waals surface area contributed by atoms with E-state index in [1.807, 2.05) is 6.08 Å². The molecule has 1 rings (SSSR count). The first kappa shape index (κ1) is 18.9. The summed E-state index contributed by atoms with van der Waals surface area (Å²) in [5.74, 6) is 0.0476. The Labute approximate surface area is 140 Å². The summed E-state index contributed by atoms with van der Waals surface area (Å²) < 4.78 is 19.2. The summed E-state index contributed by atoms with van der Waals surface area (Å²) in [6.45, 7) is 6.01. The molecule has 1 N–H and O–H groups in total. The number of hydrogen-bond acceptors (Lipinski definition) is 2. The van der Waals surface area contributed by atoms with Crippen molar-refractivity contribution in [2.75, 3.05) is 6.61 Å². The quantitative estimate of drug-likeness (QED) is 0.557. The molecule has 0 bridgehead atoms. The Balaban J connectivity index is 2.49. The van der Waals surface area contributed by atoms with Crippen LogP contribution in [0, 0.1) is 5.82 Å². The molecule has 0 aromatic heterocycles. The second-order valence-corrected chi connectivity index (χ2v) is 6.08. The molecule has 1 atom stereocenters. The minimum atomic E-state index is -0.598. The molecule has 22 heavy (non-hydrogen) atoms. The third-order valence-electron chi connectivity index (χ3n) is 3.22. The SMILES string of the molecule is C=CCC/C(=C\CCC)CC(O)COc1ccc(Br)c(F)c1. The van der Waals surface area contributed by atoms with Crippen LogP contribution in [0.2, 0.25) is 0 Å². The highest BCUT2D eigenvalue weighted by Gasteiger charge is 2.09. The van der Waals surface area contributed by atoms with Crippen molar-refractivity contribution >= 4 is 15.9 Å². The topological polar surface area (TPSA) is 29.5 Å². The average Bonchev–Trinajstić information content (AvgIpc) is 2.51. The van der Waals surface area contributed by atoms with Gasteiger partial charge in [0.2, 0.25) is 0 Å². The summed E-state index contributed by atoms with van der Waals surface area (Å²) in [7, 11) is 0. The van der Waals surface area contributed by atoms with Crippen molar-refractivity contribution < 1.29 is 14.2 Å². The summed E-state index contributed by atoms with van der Waals surface area (Å²) in [4.78, 5) is 0. The number of benzene rings is 1. The maximum absolute atomic E-state index is 13.4. The second kappa shape index (κ2) is 10.6. The Morgan fingerprint density at radius 2 is 2.23 bits per heavy atom. The van der Waals surface area contributed by atoms with E-state index in [1.54, 1.807) is 12.1 Å². The summed E-state index contributed by atoms with van der Waals surface area (Å²) in [6, 6.07) is 4.57. The molecule has 0 saturated heterocycles. The van der Waals surface area contributed by atoms with E-state index in [2.05, 4.69) is 35.5 Å². The molecule has 0 heterocycles. The minimum absolute atomic E-state index is 0.151. The van der Waals surface area contributed by atoms with Crippen molar-refractivity contribution in [2.45, 2.75) is 45.1 Å². The number of aliphatic hydroxyl groups excluding tert-OH is 1. The fraction of sp³-hybridized carbons (Fsp3) is 0.444. The van der Waals surface area contributed by atoms with Crippen LogP contribution < -0.4 is 4.74 Å². The summed E-state index contributed by atoms with van der Waals surface area (Å²) in [5, 5.41) is 10.1. The van der Waals surface area contributed by atoms with Crippen LogP contribution in [0.15, 0.2) is 47.0 Å². The van der Waals surface area contributed by atoms with Gasteiger partial charge in [-0.25, -0.2) is 4.39 Å². The van der Waals surface area contributed by atoms with Gasteiger partial charge in [-0.05, 0) is 53.7 Å². The lowest BCUT2D eigenvalue weighted by Crippen LogP contribution is -2.18. The van der Waals surface area contributed by atoms with Crippen LogP contribution in [0.25, 0.3) is 0 Å². The molecule has 1 aromatic rings. The van der Waals surface area contributed by atoms with Gasteiger partial charge in [-0.15, -0.1) is 6.58 Å². The molecule has 0 saturated carbocycles. The van der Waals surface area contributed by atoms with Gasteiger partial charge in [-0.2, -0.15) is 0 Å². The molecule has 0 aliphatic carbocycles. The first-order chi connectivity index (χ1) is 10.6. The van der Waals surface area contributed by atoms with Crippen LogP contribution in [-0.2, 0) is 0 Å². The standard InChI is InChI=1S/C18H24BrFO2/c1-3-5-7-14(8-6-4-2)11-15(21)13-22-16-9-10-17(19)18(20)12-16/h3,8-10,12,15,21H,1,4-7,11,13H2,2H3/b14-8+. The maximum atomic E-state index is 13.4. The Morgan fingerprint density at radius 3 is 2.86 bits per heavy atom. The normalized spacial score (nSPS) is 13.0. The van der Waals surface area contributed by atoms with Gasteiger partial charge in [0.25, 0.3) is 0 Å². The highest BCUT2D eigenvalue weighted by molar-refractivity contribution is 9.10. The highest BCUT2D eigenvalue weighted by Crippen LogP contribution is 2.21. The van der Waals surface area contributed by atoms with Crippen molar-refractivity contribution in [3.8, 4) is 5.75 Å². The Morgan fingerprint density at radius 1 is 1.45 bits per heavy atom. The lowest BCUT2D eigenvalue weighted by atomic mass is 10.0. The minimum Gasteiger partial charge on any atom is -0.491 e. The van der Waals surface area contributed by atoms with Gasteiger partial charge in [0, 0.05) is 6.07 Å². The molecule has 0 fully saturated rings. The molecule has 1 unspecified atom stereocenters. The predicted molar refractivity (Wildman–Crippen MR) is 92.6 cm³/mol. The molecule has 0 amide bonds. The van der Waals surface area contributed by atoms with Crippen molar-refractivity contribution in [3.05, 3.63) is 52.8 Å². The third-order valence-corrected chi connectivity index (χ3v) is 3.87. The second-order valence-electron chi connectivity index (χ2n) is 5.22. The first-order valence-electron chi connectivity index (χ1n) is 7.61. The zero-order valence-electron chi connectivity index (χ0n) is 13.0. The van der Waals surface area contributed by atoms with Crippen LogP contribution in [0.4, 0.5) is 4.39 Å². The number of unbranched alkanes of at least 4 members (excludes halogenated alkanes) is 1. The molecule has 2 nitrogen and oxygen atoms in total. The zero-order valence-corrected chi connectivity index (χ0v) is 14.6. The number of allylic oxidation sites excluding steroid dienone is 2. The van der Waals surface area contributed by atoms with Crippen molar-refractivity contribution in [1.82, 2.24) is 0 Å². The van der Waals surface area contributed by atoms with Crippen LogP contribution >= 0.6 is 15.9 Å². The Hall–Kier alpha value is -1.13. The molecule has 1 aromatic carbocycles. The third kappa shape index (κ3) is 7.23. The largest absolute Gasteiger partial charge is 0.491 e. The molecule has 0 aliphatic rings. The van der Waals surface area contributed by atoms with Crippen molar-refractivity contribution in [2.24, 2.45) is 0 Å². The van der Waals surface area contributed by atoms with E-state index >= 15 is 0 Å². The number of hydrogen-bond donors (Lipinski definition) is 1. The van der Waals surface area contributed by atoms with Gasteiger partial charge in [-0.1, -0.05) is 31.1 Å². The average molecular weight is 371 g/mol. The van der Waals surface area contributed by atoms with Crippen LogP contribution in [0.5, 0.6) is 5.75 Å². The summed E-state index contributed by atoms with van der Waals surface area (Å²) in [5.41, 5.74) is 1.22. The van der Waals surface area contributed by atoms with E-state index in [-0.39, 0.29) is 12.4 Å². The van der Waals surface area contributed by atoms with Crippen LogP contribution in [0.3, 0.4) is 0 Å². The van der Waals surface area contributed by atoms with Gasteiger partial charge in [-0.3, -0.25) is 0 Å². The smallest absolute Gasteiger partial charge is 0.141 e. The summed E-state index contributed by atoms with van der Waals surface area (Å²) >= 11 is 3.09. The van der Waals surface area contributed by atoms with E-state index in [4.69, 9.17) is 4.74 Å². The number of aliphatic hydroxyl groups is 1. The van der Waals surface area contributed by atoms with Gasteiger partial charge in [0.15, 0.2) is 0 Å². The lowest BCUT2D eigenvalue weighted by Gasteiger charge is -2.15. The fourth-order valence-electron chi connectivity index (χ4n) is 2.04. The van der Waals surface area contributed by atoms with E-state index in [9.17, 15) is 9.50 Å². The highest BCUT2D eigenvalue weighted by atomic mass is 79.9. The van der Waals surface area contributed by atoms with Gasteiger partial charge in [0.1, 0.15) is 18.2 Å². The monoisotopic (exact) mass is 370 g/mol. The van der Waals surface area contributed by atoms with Crippen molar-refractivity contribution in [3.63, 3.8) is 0 Å². The Kier molecular flexibility index (Phi) is 9.09. The van der Waals surface area contributed by atoms with Crippen LogP contribution in [0.1, 0.15) is 39.0 Å². The zero-order chi connectivity index (χ0) is 16.4. The van der Waals surface area contributed by atoms with Crippen molar-refractivity contribution in [1.29, 1.82) is 0 Å².